The highest BCUT2D eigenvalue weighted by atomic mass is 32.1. The van der Waals surface area contributed by atoms with Crippen LogP contribution in [0.25, 0.3) is 22.2 Å². The molecule has 4 rings (SSSR count). The molecule has 1 N–H and O–H groups in total. The molecule has 0 spiro atoms. The largest absolute Gasteiger partial charge is 0.497 e. The number of amides is 1. The van der Waals surface area contributed by atoms with Gasteiger partial charge in [0.15, 0.2) is 0 Å². The Morgan fingerprint density at radius 2 is 1.77 bits per heavy atom. The molecule has 0 aliphatic rings. The minimum atomic E-state index is -0.487. The number of thiophene rings is 1. The van der Waals surface area contributed by atoms with Crippen LogP contribution in [-0.2, 0) is 4.74 Å². The van der Waals surface area contributed by atoms with Crippen molar-refractivity contribution in [1.82, 2.24) is 4.98 Å². The van der Waals surface area contributed by atoms with Crippen LogP contribution in [0.1, 0.15) is 20.0 Å². The van der Waals surface area contributed by atoms with E-state index < -0.39 is 5.97 Å². The number of fused-ring (bicyclic) bond motifs is 1. The Hall–Kier alpha value is -3.71. The standard InChI is InChI=1S/C23H18N2O4S/c1-28-15-9-7-14(8-10-15)20-13-17(16-5-3-4-6-18(16)24-20)22(26)25-19-11-12-30-21(19)23(27)29-2/h3-13H,1-2H3,(H,25,26). The lowest BCUT2D eigenvalue weighted by Crippen LogP contribution is -2.15. The Bertz CT molecular complexity index is 1230. The van der Waals surface area contributed by atoms with E-state index in [0.717, 1.165) is 16.7 Å². The van der Waals surface area contributed by atoms with Crippen molar-refractivity contribution in [2.24, 2.45) is 0 Å². The molecule has 0 bridgehead atoms. The molecule has 0 unspecified atom stereocenters. The first-order valence-corrected chi connectivity index (χ1v) is 10.00. The first kappa shape index (κ1) is 19.6. The number of ether oxygens (including phenoxy) is 2. The molecule has 0 saturated carbocycles. The van der Waals surface area contributed by atoms with E-state index in [2.05, 4.69) is 5.32 Å². The van der Waals surface area contributed by atoms with Gasteiger partial charge >= 0.3 is 5.97 Å². The van der Waals surface area contributed by atoms with Crippen LogP contribution in [0.15, 0.2) is 66.0 Å². The maximum Gasteiger partial charge on any atom is 0.350 e. The molecule has 0 aliphatic heterocycles. The van der Waals surface area contributed by atoms with E-state index in [4.69, 9.17) is 14.5 Å². The van der Waals surface area contributed by atoms with Crippen LogP contribution >= 0.6 is 11.3 Å². The van der Waals surface area contributed by atoms with Crippen molar-refractivity contribution in [3.05, 3.63) is 76.5 Å². The number of pyridine rings is 1. The number of aromatic nitrogens is 1. The van der Waals surface area contributed by atoms with E-state index in [1.54, 1.807) is 24.6 Å². The second-order valence-corrected chi connectivity index (χ2v) is 7.33. The second-order valence-electron chi connectivity index (χ2n) is 6.41. The number of carbonyl (C=O) groups is 2. The highest BCUT2D eigenvalue weighted by Crippen LogP contribution is 2.28. The molecule has 0 fully saturated rings. The minimum absolute atomic E-state index is 0.327. The molecule has 6 nitrogen and oxygen atoms in total. The summed E-state index contributed by atoms with van der Waals surface area (Å²) in [4.78, 5) is 30.2. The Kier molecular flexibility index (Phi) is 5.45. The fourth-order valence-corrected chi connectivity index (χ4v) is 3.89. The molecule has 4 aromatic rings. The van der Waals surface area contributed by atoms with Gasteiger partial charge in [-0.25, -0.2) is 9.78 Å². The summed E-state index contributed by atoms with van der Waals surface area (Å²) < 4.78 is 10.0. The van der Waals surface area contributed by atoms with E-state index in [1.807, 2.05) is 48.5 Å². The molecule has 0 atom stereocenters. The van der Waals surface area contributed by atoms with Crippen molar-refractivity contribution in [2.75, 3.05) is 19.5 Å². The molecule has 150 valence electrons. The molecule has 7 heteroatoms. The highest BCUT2D eigenvalue weighted by Gasteiger charge is 2.19. The second kappa shape index (κ2) is 8.34. The monoisotopic (exact) mass is 418 g/mol. The fourth-order valence-electron chi connectivity index (χ4n) is 3.12. The Morgan fingerprint density at radius 1 is 1.00 bits per heavy atom. The third kappa shape index (κ3) is 3.75. The summed E-state index contributed by atoms with van der Waals surface area (Å²) in [5.74, 6) is -0.0731. The summed E-state index contributed by atoms with van der Waals surface area (Å²) in [7, 11) is 2.92. The van der Waals surface area contributed by atoms with Crippen molar-refractivity contribution in [1.29, 1.82) is 0 Å². The summed E-state index contributed by atoms with van der Waals surface area (Å²) in [6.07, 6.45) is 0. The number of hydrogen-bond acceptors (Lipinski definition) is 6. The number of benzene rings is 2. The van der Waals surface area contributed by atoms with Crippen LogP contribution < -0.4 is 10.1 Å². The van der Waals surface area contributed by atoms with Crippen molar-refractivity contribution < 1.29 is 19.1 Å². The Balaban J connectivity index is 1.76. The zero-order chi connectivity index (χ0) is 21.1. The van der Waals surface area contributed by atoms with Gasteiger partial charge in [0, 0.05) is 10.9 Å². The predicted octanol–water partition coefficient (Wildman–Crippen LogP) is 5.01. The van der Waals surface area contributed by atoms with E-state index in [9.17, 15) is 9.59 Å². The minimum Gasteiger partial charge on any atom is -0.497 e. The quantitative estimate of drug-likeness (QED) is 0.461. The number of methoxy groups -OCH3 is 2. The van der Waals surface area contributed by atoms with Gasteiger partial charge in [0.1, 0.15) is 10.6 Å². The van der Waals surface area contributed by atoms with Gasteiger partial charge in [-0.3, -0.25) is 4.79 Å². The molecule has 2 aromatic carbocycles. The highest BCUT2D eigenvalue weighted by molar-refractivity contribution is 7.12. The number of nitrogens with zero attached hydrogens (tertiary/aromatic N) is 1. The summed E-state index contributed by atoms with van der Waals surface area (Å²) in [6.45, 7) is 0. The van der Waals surface area contributed by atoms with Gasteiger partial charge in [0.25, 0.3) is 5.91 Å². The van der Waals surface area contributed by atoms with Crippen LogP contribution in [0.5, 0.6) is 5.75 Å². The van der Waals surface area contributed by atoms with Crippen LogP contribution in [0.3, 0.4) is 0 Å². The molecule has 0 radical (unpaired) electrons. The van der Waals surface area contributed by atoms with Crippen molar-refractivity contribution in [2.45, 2.75) is 0 Å². The Labute approximate surface area is 177 Å². The first-order valence-electron chi connectivity index (χ1n) is 9.12. The van der Waals surface area contributed by atoms with Crippen LogP contribution in [0, 0.1) is 0 Å². The number of esters is 1. The molecule has 0 saturated heterocycles. The number of para-hydroxylation sites is 1. The summed E-state index contributed by atoms with van der Waals surface area (Å²) in [5.41, 5.74) is 3.12. The Morgan fingerprint density at radius 3 is 2.50 bits per heavy atom. The van der Waals surface area contributed by atoms with Crippen LogP contribution in [-0.4, -0.2) is 31.1 Å². The summed E-state index contributed by atoms with van der Waals surface area (Å²) in [5, 5.41) is 5.29. The van der Waals surface area contributed by atoms with Gasteiger partial charge in [-0.1, -0.05) is 18.2 Å². The van der Waals surface area contributed by atoms with E-state index in [1.165, 1.54) is 18.4 Å². The average Bonchev–Trinajstić information content (AvgIpc) is 3.25. The zero-order valence-electron chi connectivity index (χ0n) is 16.3. The SMILES string of the molecule is COC(=O)c1sccc1NC(=O)c1cc(-c2ccc(OC)cc2)nc2ccccc12. The smallest absolute Gasteiger partial charge is 0.350 e. The van der Waals surface area contributed by atoms with Crippen LogP contribution in [0.4, 0.5) is 5.69 Å². The third-order valence-electron chi connectivity index (χ3n) is 4.63. The van der Waals surface area contributed by atoms with E-state index in [-0.39, 0.29) is 5.91 Å². The molecule has 1 amide bonds. The van der Waals surface area contributed by atoms with Gasteiger partial charge in [0.2, 0.25) is 0 Å². The lowest BCUT2D eigenvalue weighted by molar-refractivity contribution is 0.0607. The first-order chi connectivity index (χ1) is 14.6. The number of anilines is 1. The zero-order valence-corrected chi connectivity index (χ0v) is 17.2. The number of rotatable bonds is 5. The molecule has 2 heterocycles. The van der Waals surface area contributed by atoms with Gasteiger partial charge in [-0.05, 0) is 47.8 Å². The van der Waals surface area contributed by atoms with Gasteiger partial charge in [-0.15, -0.1) is 11.3 Å². The maximum atomic E-state index is 13.2. The van der Waals surface area contributed by atoms with Crippen molar-refractivity contribution >= 4 is 39.8 Å². The normalized spacial score (nSPS) is 10.6. The lowest BCUT2D eigenvalue weighted by atomic mass is 10.0. The van der Waals surface area contributed by atoms with Gasteiger partial charge < -0.3 is 14.8 Å². The number of carbonyl (C=O) groups excluding carboxylic acids is 2. The molecular formula is C23H18N2O4S. The van der Waals surface area contributed by atoms with Crippen molar-refractivity contribution in [3.8, 4) is 17.0 Å². The third-order valence-corrected chi connectivity index (χ3v) is 5.53. The molecular weight excluding hydrogens is 400 g/mol. The van der Waals surface area contributed by atoms with Gasteiger partial charge in [-0.2, -0.15) is 0 Å². The van der Waals surface area contributed by atoms with Crippen LogP contribution in [0.2, 0.25) is 0 Å². The van der Waals surface area contributed by atoms with E-state index >= 15 is 0 Å². The molecule has 2 aromatic heterocycles. The predicted molar refractivity (Wildman–Crippen MR) is 117 cm³/mol. The maximum absolute atomic E-state index is 13.2. The molecule has 0 aliphatic carbocycles. The topological polar surface area (TPSA) is 77.5 Å². The summed E-state index contributed by atoms with van der Waals surface area (Å²) in [6, 6.07) is 18.4. The van der Waals surface area contributed by atoms with Gasteiger partial charge in [0.05, 0.1) is 36.7 Å². The average molecular weight is 418 g/mol. The lowest BCUT2D eigenvalue weighted by Gasteiger charge is -2.11. The summed E-state index contributed by atoms with van der Waals surface area (Å²) >= 11 is 1.21. The molecule has 30 heavy (non-hydrogen) atoms. The van der Waals surface area contributed by atoms with Crippen molar-refractivity contribution in [3.63, 3.8) is 0 Å². The fraction of sp³-hybridized carbons (Fsp3) is 0.0870. The van der Waals surface area contributed by atoms with E-state index in [0.29, 0.717) is 27.3 Å². The number of nitrogens with one attached hydrogen (secondary N) is 1. The number of hydrogen-bond donors (Lipinski definition) is 1.